The molecule has 0 unspecified atom stereocenters. The van der Waals surface area contributed by atoms with Gasteiger partial charge in [-0.2, -0.15) is 0 Å². The summed E-state index contributed by atoms with van der Waals surface area (Å²) >= 11 is 8.97. The Bertz CT molecular complexity index is 410. The molecule has 0 N–H and O–H groups in total. The number of hydrogen-bond acceptors (Lipinski definition) is 1. The van der Waals surface area contributed by atoms with E-state index in [-0.39, 0.29) is 0 Å². The zero-order valence-corrected chi connectivity index (χ0v) is 11.5. The summed E-state index contributed by atoms with van der Waals surface area (Å²) in [7, 11) is -2.54. The van der Waals surface area contributed by atoms with Crippen LogP contribution in [0.4, 0.5) is 0 Å². The second kappa shape index (κ2) is 5.18. The Morgan fingerprint density at radius 3 is 1.50 bits per heavy atom. The van der Waals surface area contributed by atoms with Crippen molar-refractivity contribution in [2.75, 3.05) is 0 Å². The summed E-state index contributed by atoms with van der Waals surface area (Å²) in [5.74, 6) is 0. The second-order valence-corrected chi connectivity index (χ2v) is 8.33. The average Bonchev–Trinajstić information content (AvgIpc) is 2.40. The molecule has 0 aliphatic heterocycles. The maximum Gasteiger partial charge on any atom is 0.355 e. The van der Waals surface area contributed by atoms with Crippen LogP contribution >= 0.6 is 11.1 Å². The van der Waals surface area contributed by atoms with Crippen LogP contribution in [0.25, 0.3) is 0 Å². The van der Waals surface area contributed by atoms with Gasteiger partial charge >= 0.3 is 24.3 Å². The quantitative estimate of drug-likeness (QED) is 0.602. The minimum atomic E-state index is -2.54. The summed E-state index contributed by atoms with van der Waals surface area (Å²) in [4.78, 5) is 0. The lowest BCUT2D eigenvalue weighted by Gasteiger charge is -2.25. The van der Waals surface area contributed by atoms with Crippen molar-refractivity contribution in [3.05, 3.63) is 60.7 Å². The number of rotatable bonds is 3. The maximum absolute atomic E-state index is 6.67. The molecule has 78 valence electrons. The van der Waals surface area contributed by atoms with Gasteiger partial charge in [-0.15, -0.1) is 11.1 Å². The van der Waals surface area contributed by atoms with Gasteiger partial charge in [0, 0.05) is 0 Å². The van der Waals surface area contributed by atoms with Crippen LogP contribution in [0.3, 0.4) is 0 Å². The molecule has 0 fully saturated rings. The molecule has 0 bridgehead atoms. The van der Waals surface area contributed by atoms with Crippen LogP contribution in [-0.4, -0.2) is 24.3 Å². The Kier molecular flexibility index (Phi) is 3.86. The highest BCUT2D eigenvalue weighted by Gasteiger charge is 2.34. The van der Waals surface area contributed by atoms with Crippen molar-refractivity contribution < 1.29 is 3.48 Å². The van der Waals surface area contributed by atoms with Gasteiger partial charge in [-0.25, -0.2) is 0 Å². The highest BCUT2D eigenvalue weighted by molar-refractivity contribution is 7.31. The molecule has 0 aromatic heterocycles. The zero-order valence-electron chi connectivity index (χ0n) is 8.64. The summed E-state index contributed by atoms with van der Waals surface area (Å²) in [6.07, 6.45) is 0. The van der Waals surface area contributed by atoms with Crippen molar-refractivity contribution in [2.45, 2.75) is 0 Å². The first-order chi connectivity index (χ1) is 7.77. The molecule has 0 saturated heterocycles. The smallest absolute Gasteiger partial charge is 0.355 e. The fourth-order valence-electron chi connectivity index (χ4n) is 1.61. The molecule has 16 heavy (non-hydrogen) atoms. The van der Waals surface area contributed by atoms with Crippen LogP contribution in [0, 0.1) is 0 Å². The van der Waals surface area contributed by atoms with Crippen molar-refractivity contribution >= 4 is 45.7 Å². The monoisotopic (exact) mass is 260 g/mol. The summed E-state index contributed by atoms with van der Waals surface area (Å²) in [6, 6.07) is 19.9. The summed E-state index contributed by atoms with van der Waals surface area (Å²) in [5.41, 5.74) is 0. The number of hydrogen-bond donors (Lipinski definition) is 0. The highest BCUT2D eigenvalue weighted by atomic mass is 35.6. The second-order valence-electron chi connectivity index (χ2n) is 3.45. The van der Waals surface area contributed by atoms with Crippen molar-refractivity contribution in [3.63, 3.8) is 0 Å². The molecule has 1 nitrogen and oxygen atoms in total. The first kappa shape index (κ1) is 11.9. The fraction of sp³-hybridized carbons (Fsp3) is 0. The van der Waals surface area contributed by atoms with Gasteiger partial charge in [0.05, 0.1) is 0 Å². The predicted molar refractivity (Wildman–Crippen MR) is 70.6 cm³/mol. The molecular weight excluding hydrogens is 251 g/mol. The van der Waals surface area contributed by atoms with Crippen molar-refractivity contribution in [2.24, 2.45) is 0 Å². The SMILES string of the molecule is [Al][O][Si](Cl)(c1ccccc1)c1ccccc1. The van der Waals surface area contributed by atoms with Crippen LogP contribution < -0.4 is 10.4 Å². The minimum Gasteiger partial charge on any atom is -0.541 e. The molecule has 0 spiro atoms. The summed E-state index contributed by atoms with van der Waals surface area (Å²) < 4.78 is 5.53. The van der Waals surface area contributed by atoms with Crippen molar-refractivity contribution in [3.8, 4) is 0 Å². The van der Waals surface area contributed by atoms with Crippen molar-refractivity contribution in [1.29, 1.82) is 0 Å². The molecule has 0 saturated carbocycles. The van der Waals surface area contributed by atoms with Crippen LogP contribution in [0.5, 0.6) is 0 Å². The van der Waals surface area contributed by atoms with Gasteiger partial charge < -0.3 is 3.48 Å². The number of halogens is 1. The van der Waals surface area contributed by atoms with Gasteiger partial charge in [0.1, 0.15) is 0 Å². The van der Waals surface area contributed by atoms with Gasteiger partial charge in [-0.05, 0) is 10.4 Å². The third-order valence-corrected chi connectivity index (χ3v) is 8.01. The number of benzene rings is 2. The van der Waals surface area contributed by atoms with Crippen molar-refractivity contribution in [1.82, 2.24) is 0 Å². The van der Waals surface area contributed by atoms with E-state index in [1.54, 1.807) is 0 Å². The predicted octanol–water partition coefficient (Wildman–Crippen LogP) is 1.58. The lowest BCUT2D eigenvalue weighted by atomic mass is 10.4. The van der Waals surface area contributed by atoms with E-state index in [1.807, 2.05) is 60.7 Å². The summed E-state index contributed by atoms with van der Waals surface area (Å²) in [5, 5.41) is 2.11. The molecule has 2 aromatic carbocycles. The minimum absolute atomic E-state index is 1.05. The van der Waals surface area contributed by atoms with Crippen LogP contribution in [0.2, 0.25) is 0 Å². The molecule has 2 aromatic rings. The van der Waals surface area contributed by atoms with E-state index in [1.165, 1.54) is 0 Å². The molecular formula is C12H10AlClOSi. The Morgan fingerprint density at radius 1 is 0.812 bits per heavy atom. The largest absolute Gasteiger partial charge is 0.541 e. The van der Waals surface area contributed by atoms with E-state index in [4.69, 9.17) is 14.6 Å². The molecule has 4 heteroatoms. The third-order valence-electron chi connectivity index (χ3n) is 2.45. The van der Waals surface area contributed by atoms with Gasteiger partial charge in [0.25, 0.3) is 0 Å². The molecule has 0 atom stereocenters. The average molecular weight is 261 g/mol. The van der Waals surface area contributed by atoms with E-state index in [2.05, 4.69) is 16.6 Å². The van der Waals surface area contributed by atoms with Gasteiger partial charge in [-0.3, -0.25) is 0 Å². The van der Waals surface area contributed by atoms with Gasteiger partial charge in [0.2, 0.25) is 0 Å². The topological polar surface area (TPSA) is 9.23 Å². The van der Waals surface area contributed by atoms with E-state index < -0.39 is 7.63 Å². The normalized spacial score (nSPS) is 11.3. The van der Waals surface area contributed by atoms with E-state index in [9.17, 15) is 0 Å². The molecule has 2 radical (unpaired) electrons. The van der Waals surface area contributed by atoms with E-state index in [0.29, 0.717) is 0 Å². The third kappa shape index (κ3) is 2.24. The Labute approximate surface area is 110 Å². The van der Waals surface area contributed by atoms with Gasteiger partial charge in [-0.1, -0.05) is 60.7 Å². The van der Waals surface area contributed by atoms with E-state index in [0.717, 1.165) is 10.4 Å². The van der Waals surface area contributed by atoms with Crippen LogP contribution in [0.1, 0.15) is 0 Å². The molecule has 0 aliphatic rings. The highest BCUT2D eigenvalue weighted by Crippen LogP contribution is 2.10. The van der Waals surface area contributed by atoms with Crippen LogP contribution in [0.15, 0.2) is 60.7 Å². The molecule has 0 amide bonds. The molecule has 0 heterocycles. The van der Waals surface area contributed by atoms with Crippen LogP contribution in [-0.2, 0) is 3.48 Å². The van der Waals surface area contributed by atoms with E-state index >= 15 is 0 Å². The standard InChI is InChI=1S/C12H10ClOSi.Al/c13-15(14,11-7-3-1-4-8-11)12-9-5-2-6-10-12;/h1-10H;/q-1;+1. The summed E-state index contributed by atoms with van der Waals surface area (Å²) in [6.45, 7) is 0. The molecule has 0 aliphatic carbocycles. The Morgan fingerprint density at radius 2 is 1.19 bits per heavy atom. The Balaban J connectivity index is 2.49. The Hall–Kier alpha value is -0.561. The first-order valence-electron chi connectivity index (χ1n) is 4.95. The lowest BCUT2D eigenvalue weighted by molar-refractivity contribution is 0.652. The lowest BCUT2D eigenvalue weighted by Crippen LogP contribution is -2.55. The first-order valence-corrected chi connectivity index (χ1v) is 8.34. The van der Waals surface area contributed by atoms with Gasteiger partial charge in [0.15, 0.2) is 0 Å². The zero-order chi connectivity index (χ0) is 11.4. The maximum atomic E-state index is 6.67. The fourth-order valence-corrected chi connectivity index (χ4v) is 5.03. The molecule has 2 rings (SSSR count).